The number of fused-ring (bicyclic) bond motifs is 1. The van der Waals surface area contributed by atoms with Gasteiger partial charge in [-0.25, -0.2) is 0 Å². The molecule has 2 aromatic carbocycles. The minimum Gasteiger partial charge on any atom is -0.484 e. The zero-order valence-corrected chi connectivity index (χ0v) is 13.5. The summed E-state index contributed by atoms with van der Waals surface area (Å²) < 4.78 is 5.48. The van der Waals surface area contributed by atoms with Gasteiger partial charge in [0.1, 0.15) is 5.75 Å². The van der Waals surface area contributed by atoms with Crippen LogP contribution in [-0.4, -0.2) is 12.5 Å². The molecular formula is C18H19ClN2O2. The molecule has 120 valence electrons. The predicted molar refractivity (Wildman–Crippen MR) is 91.6 cm³/mol. The van der Waals surface area contributed by atoms with Gasteiger partial charge in [-0.2, -0.15) is 0 Å². The van der Waals surface area contributed by atoms with Crippen molar-refractivity contribution >= 4 is 23.2 Å². The topological polar surface area (TPSA) is 64.3 Å². The summed E-state index contributed by atoms with van der Waals surface area (Å²) in [6.45, 7) is -0.0115. The summed E-state index contributed by atoms with van der Waals surface area (Å²) in [6.07, 6.45) is 2.98. The van der Waals surface area contributed by atoms with E-state index in [9.17, 15) is 4.79 Å². The quantitative estimate of drug-likeness (QED) is 0.843. The first-order chi connectivity index (χ1) is 11.1. The fraction of sp³-hybridized carbons (Fsp3) is 0.278. The maximum Gasteiger partial charge on any atom is 0.258 e. The SMILES string of the molecule is Nc1ccc2c(c1)CCCC2NC(=O)COc1ccc(Cl)cc1. The van der Waals surface area contributed by atoms with Crippen LogP contribution in [0.3, 0.4) is 0 Å². The molecule has 1 unspecified atom stereocenters. The highest BCUT2D eigenvalue weighted by molar-refractivity contribution is 6.30. The number of carbonyl (C=O) groups is 1. The van der Waals surface area contributed by atoms with Gasteiger partial charge in [0.15, 0.2) is 6.61 Å². The minimum absolute atomic E-state index is 0.0115. The molecule has 23 heavy (non-hydrogen) atoms. The van der Waals surface area contributed by atoms with E-state index in [4.69, 9.17) is 22.1 Å². The first-order valence-electron chi connectivity index (χ1n) is 7.68. The van der Waals surface area contributed by atoms with Crippen molar-refractivity contribution in [3.8, 4) is 5.75 Å². The Hall–Kier alpha value is -2.20. The van der Waals surface area contributed by atoms with E-state index >= 15 is 0 Å². The number of nitrogens with one attached hydrogen (secondary N) is 1. The second-order valence-corrected chi connectivity index (χ2v) is 6.15. The van der Waals surface area contributed by atoms with Crippen LogP contribution in [-0.2, 0) is 11.2 Å². The van der Waals surface area contributed by atoms with Gasteiger partial charge in [0.25, 0.3) is 5.91 Å². The third-order valence-electron chi connectivity index (χ3n) is 4.00. The summed E-state index contributed by atoms with van der Waals surface area (Å²) >= 11 is 5.82. The molecule has 2 aromatic rings. The van der Waals surface area contributed by atoms with E-state index in [-0.39, 0.29) is 18.6 Å². The summed E-state index contributed by atoms with van der Waals surface area (Å²) in [4.78, 5) is 12.1. The molecular weight excluding hydrogens is 312 g/mol. The number of ether oxygens (including phenoxy) is 1. The Bertz CT molecular complexity index is 701. The van der Waals surface area contributed by atoms with Crippen LogP contribution in [0.2, 0.25) is 5.02 Å². The molecule has 0 saturated heterocycles. The minimum atomic E-state index is -0.130. The van der Waals surface area contributed by atoms with Gasteiger partial charge in [0.2, 0.25) is 0 Å². The molecule has 1 aliphatic carbocycles. The lowest BCUT2D eigenvalue weighted by atomic mass is 9.87. The predicted octanol–water partition coefficient (Wildman–Crippen LogP) is 3.49. The molecule has 1 aliphatic rings. The third kappa shape index (κ3) is 3.96. The van der Waals surface area contributed by atoms with E-state index in [1.54, 1.807) is 24.3 Å². The van der Waals surface area contributed by atoms with Crippen molar-refractivity contribution in [2.24, 2.45) is 0 Å². The Morgan fingerprint density at radius 3 is 2.83 bits per heavy atom. The van der Waals surface area contributed by atoms with Crippen molar-refractivity contribution in [2.75, 3.05) is 12.3 Å². The number of amides is 1. The molecule has 0 aliphatic heterocycles. The molecule has 3 N–H and O–H groups in total. The molecule has 0 aromatic heterocycles. The number of hydrogen-bond acceptors (Lipinski definition) is 3. The highest BCUT2D eigenvalue weighted by Gasteiger charge is 2.21. The molecule has 1 atom stereocenters. The zero-order chi connectivity index (χ0) is 16.2. The summed E-state index contributed by atoms with van der Waals surface area (Å²) in [5.41, 5.74) is 8.98. The summed E-state index contributed by atoms with van der Waals surface area (Å²) in [5.74, 6) is 0.496. The zero-order valence-electron chi connectivity index (χ0n) is 12.7. The number of benzene rings is 2. The average molecular weight is 331 g/mol. The Morgan fingerprint density at radius 1 is 1.26 bits per heavy atom. The van der Waals surface area contributed by atoms with E-state index in [0.29, 0.717) is 10.8 Å². The fourth-order valence-corrected chi connectivity index (χ4v) is 3.03. The summed E-state index contributed by atoms with van der Waals surface area (Å²) in [5, 5.41) is 3.68. The van der Waals surface area contributed by atoms with Gasteiger partial charge >= 0.3 is 0 Å². The first kappa shape index (κ1) is 15.7. The molecule has 0 heterocycles. The molecule has 4 nitrogen and oxygen atoms in total. The van der Waals surface area contributed by atoms with Gasteiger partial charge in [-0.3, -0.25) is 4.79 Å². The number of nitrogens with two attached hydrogens (primary N) is 1. The molecule has 0 bridgehead atoms. The normalized spacial score (nSPS) is 16.5. The summed E-state index contributed by atoms with van der Waals surface area (Å²) in [7, 11) is 0. The monoisotopic (exact) mass is 330 g/mol. The van der Waals surface area contributed by atoms with Crippen LogP contribution in [0.4, 0.5) is 5.69 Å². The van der Waals surface area contributed by atoms with Crippen molar-refractivity contribution in [2.45, 2.75) is 25.3 Å². The number of rotatable bonds is 4. The van der Waals surface area contributed by atoms with Crippen molar-refractivity contribution in [3.05, 3.63) is 58.6 Å². The fourth-order valence-electron chi connectivity index (χ4n) is 2.90. The van der Waals surface area contributed by atoms with Gasteiger partial charge in [-0.15, -0.1) is 0 Å². The first-order valence-corrected chi connectivity index (χ1v) is 8.05. The van der Waals surface area contributed by atoms with E-state index in [1.165, 1.54) is 5.56 Å². The third-order valence-corrected chi connectivity index (χ3v) is 4.25. The van der Waals surface area contributed by atoms with Gasteiger partial charge in [0, 0.05) is 10.7 Å². The number of nitrogen functional groups attached to an aromatic ring is 1. The molecule has 0 saturated carbocycles. The second-order valence-electron chi connectivity index (χ2n) is 5.71. The van der Waals surface area contributed by atoms with Crippen molar-refractivity contribution in [1.29, 1.82) is 0 Å². The molecule has 0 radical (unpaired) electrons. The van der Waals surface area contributed by atoms with Gasteiger partial charge < -0.3 is 15.8 Å². The molecule has 3 rings (SSSR count). The van der Waals surface area contributed by atoms with E-state index in [1.807, 2.05) is 18.2 Å². The maximum atomic E-state index is 12.1. The Balaban J connectivity index is 1.59. The van der Waals surface area contributed by atoms with Crippen LogP contribution in [0.5, 0.6) is 5.75 Å². The number of halogens is 1. The molecule has 5 heteroatoms. The van der Waals surface area contributed by atoms with Gasteiger partial charge in [-0.05, 0) is 66.8 Å². The average Bonchev–Trinajstić information content (AvgIpc) is 2.54. The number of hydrogen-bond donors (Lipinski definition) is 2. The van der Waals surface area contributed by atoms with Gasteiger partial charge in [0.05, 0.1) is 6.04 Å². The molecule has 0 fully saturated rings. The van der Waals surface area contributed by atoms with Gasteiger partial charge in [-0.1, -0.05) is 17.7 Å². The van der Waals surface area contributed by atoms with E-state index in [0.717, 1.165) is 30.5 Å². The highest BCUT2D eigenvalue weighted by atomic mass is 35.5. The highest BCUT2D eigenvalue weighted by Crippen LogP contribution is 2.30. The van der Waals surface area contributed by atoms with Crippen LogP contribution in [0.25, 0.3) is 0 Å². The Labute approximate surface area is 140 Å². The maximum absolute atomic E-state index is 12.1. The second kappa shape index (κ2) is 6.92. The number of aryl methyl sites for hydroxylation is 1. The molecule has 1 amide bonds. The van der Waals surface area contributed by atoms with E-state index < -0.39 is 0 Å². The lowest BCUT2D eigenvalue weighted by molar-refractivity contribution is -0.123. The summed E-state index contributed by atoms with van der Waals surface area (Å²) in [6, 6.07) is 12.9. The van der Waals surface area contributed by atoms with Crippen LogP contribution >= 0.6 is 11.6 Å². The van der Waals surface area contributed by atoms with Crippen LogP contribution in [0.15, 0.2) is 42.5 Å². The molecule has 0 spiro atoms. The number of carbonyl (C=O) groups excluding carboxylic acids is 1. The lowest BCUT2D eigenvalue weighted by Gasteiger charge is -2.26. The lowest BCUT2D eigenvalue weighted by Crippen LogP contribution is -2.34. The van der Waals surface area contributed by atoms with E-state index in [2.05, 4.69) is 5.32 Å². The smallest absolute Gasteiger partial charge is 0.258 e. The number of anilines is 1. The van der Waals surface area contributed by atoms with Crippen LogP contribution in [0, 0.1) is 0 Å². The van der Waals surface area contributed by atoms with Crippen LogP contribution < -0.4 is 15.8 Å². The van der Waals surface area contributed by atoms with Crippen LogP contribution in [0.1, 0.15) is 30.0 Å². The van der Waals surface area contributed by atoms with Crippen molar-refractivity contribution in [1.82, 2.24) is 5.32 Å². The van der Waals surface area contributed by atoms with Crippen molar-refractivity contribution < 1.29 is 9.53 Å². The largest absolute Gasteiger partial charge is 0.484 e. The standard InChI is InChI=1S/C18H19ClN2O2/c19-13-4-7-15(8-5-13)23-11-18(22)21-17-3-1-2-12-10-14(20)6-9-16(12)17/h4-10,17H,1-3,11,20H2,(H,21,22). The van der Waals surface area contributed by atoms with Crippen molar-refractivity contribution in [3.63, 3.8) is 0 Å². The Morgan fingerprint density at radius 2 is 2.04 bits per heavy atom. The Kier molecular flexibility index (Phi) is 4.72.